The Morgan fingerprint density at radius 3 is 2.55 bits per heavy atom. The molecule has 5 rings (SSSR count). The summed E-state index contributed by atoms with van der Waals surface area (Å²) in [6.45, 7) is 1.15. The van der Waals surface area contributed by atoms with Gasteiger partial charge in [-0.3, -0.25) is 19.2 Å². The van der Waals surface area contributed by atoms with Crippen molar-refractivity contribution in [3.05, 3.63) is 71.9 Å². The van der Waals surface area contributed by atoms with E-state index < -0.39 is 35.9 Å². The smallest absolute Gasteiger partial charge is 0.270 e. The topological polar surface area (TPSA) is 144 Å². The maximum Gasteiger partial charge on any atom is 0.270 e. The predicted octanol–water partition coefficient (Wildman–Crippen LogP) is 1.85. The Kier molecular flexibility index (Phi) is 8.45. The normalized spacial score (nSPS) is 20.5. The first kappa shape index (κ1) is 27.4. The molecular weight excluding hydrogens is 510 g/mol. The van der Waals surface area contributed by atoms with Gasteiger partial charge in [-0.2, -0.15) is 0 Å². The Morgan fingerprint density at radius 1 is 1.02 bits per heavy atom. The second-order valence-corrected chi connectivity index (χ2v) is 10.6. The predicted molar refractivity (Wildman–Crippen MR) is 149 cm³/mol. The van der Waals surface area contributed by atoms with Gasteiger partial charge in [0.1, 0.15) is 11.7 Å². The van der Waals surface area contributed by atoms with Crippen LogP contribution in [0.3, 0.4) is 0 Å². The summed E-state index contributed by atoms with van der Waals surface area (Å²) in [5.74, 6) is -1.95. The number of amides is 4. The highest BCUT2D eigenvalue weighted by atomic mass is 16.3. The number of nitrogens with one attached hydrogen (secondary N) is 4. The molecule has 1 aromatic heterocycles. The largest absolute Gasteiger partial charge is 0.381 e. The first-order valence-corrected chi connectivity index (χ1v) is 13.9. The van der Waals surface area contributed by atoms with Gasteiger partial charge in [-0.15, -0.1) is 0 Å². The lowest BCUT2D eigenvalue weighted by molar-refractivity contribution is -0.135. The highest BCUT2D eigenvalue weighted by Gasteiger charge is 2.38. The quantitative estimate of drug-likeness (QED) is 0.279. The van der Waals surface area contributed by atoms with E-state index >= 15 is 0 Å². The molecule has 2 aliphatic rings. The Hall–Kier alpha value is -4.18. The molecule has 4 atom stereocenters. The van der Waals surface area contributed by atoms with Gasteiger partial charge in [0.2, 0.25) is 11.8 Å². The first-order chi connectivity index (χ1) is 19.4. The molecule has 0 bridgehead atoms. The molecule has 0 spiro atoms. The monoisotopic (exact) mass is 545 g/mol. The van der Waals surface area contributed by atoms with Crippen molar-refractivity contribution in [2.45, 2.75) is 56.8 Å². The second-order valence-electron chi connectivity index (χ2n) is 10.6. The zero-order valence-electron chi connectivity index (χ0n) is 22.3. The minimum atomic E-state index is -1.57. The third-order valence-corrected chi connectivity index (χ3v) is 7.81. The van der Waals surface area contributed by atoms with Crippen LogP contribution in [0, 0.1) is 5.92 Å². The Balaban J connectivity index is 1.30. The van der Waals surface area contributed by atoms with Gasteiger partial charge in [-0.1, -0.05) is 48.5 Å². The molecule has 2 aromatic carbocycles. The average Bonchev–Trinajstić information content (AvgIpc) is 3.61. The number of rotatable bonds is 9. The van der Waals surface area contributed by atoms with E-state index in [9.17, 15) is 24.3 Å². The zero-order valence-corrected chi connectivity index (χ0v) is 22.3. The van der Waals surface area contributed by atoms with Crippen LogP contribution in [0.25, 0.3) is 10.9 Å². The van der Waals surface area contributed by atoms with E-state index in [4.69, 9.17) is 0 Å². The van der Waals surface area contributed by atoms with Gasteiger partial charge < -0.3 is 30.9 Å². The van der Waals surface area contributed by atoms with Gasteiger partial charge in [-0.25, -0.2) is 0 Å². The lowest BCUT2D eigenvalue weighted by Crippen LogP contribution is -2.58. The molecule has 0 radical (unpaired) electrons. The summed E-state index contributed by atoms with van der Waals surface area (Å²) < 4.78 is 0. The number of aliphatic hydroxyl groups excluding tert-OH is 1. The molecular formula is C30H35N5O5. The van der Waals surface area contributed by atoms with Crippen LogP contribution in [0.5, 0.6) is 0 Å². The Morgan fingerprint density at radius 2 is 1.80 bits per heavy atom. The van der Waals surface area contributed by atoms with Gasteiger partial charge in [0.05, 0.1) is 6.04 Å². The summed E-state index contributed by atoms with van der Waals surface area (Å²) in [7, 11) is 0. The summed E-state index contributed by atoms with van der Waals surface area (Å²) in [6.07, 6.45) is 1.10. The van der Waals surface area contributed by atoms with Crippen LogP contribution in [0.2, 0.25) is 0 Å². The van der Waals surface area contributed by atoms with Crippen LogP contribution in [-0.4, -0.2) is 69.9 Å². The molecule has 2 saturated heterocycles. The van der Waals surface area contributed by atoms with Crippen molar-refractivity contribution in [2.75, 3.05) is 13.1 Å². The fourth-order valence-electron chi connectivity index (χ4n) is 5.58. The van der Waals surface area contributed by atoms with Crippen LogP contribution < -0.4 is 16.0 Å². The van der Waals surface area contributed by atoms with Crippen molar-refractivity contribution < 1.29 is 24.3 Å². The van der Waals surface area contributed by atoms with Gasteiger partial charge in [0, 0.05) is 36.5 Å². The van der Waals surface area contributed by atoms with E-state index in [1.807, 2.05) is 54.6 Å². The van der Waals surface area contributed by atoms with E-state index in [1.54, 1.807) is 11.0 Å². The fraction of sp³-hybridized carbons (Fsp3) is 0.400. The molecule has 2 aliphatic heterocycles. The molecule has 0 aliphatic carbocycles. The molecule has 10 nitrogen and oxygen atoms in total. The van der Waals surface area contributed by atoms with E-state index in [0.29, 0.717) is 31.6 Å². The van der Waals surface area contributed by atoms with E-state index in [2.05, 4.69) is 20.9 Å². The molecule has 2 fully saturated rings. The van der Waals surface area contributed by atoms with Crippen LogP contribution >= 0.6 is 0 Å². The number of carbonyl (C=O) groups excluding carboxylic acids is 4. The van der Waals surface area contributed by atoms with Crippen molar-refractivity contribution in [1.29, 1.82) is 0 Å². The van der Waals surface area contributed by atoms with Gasteiger partial charge in [-0.05, 0) is 49.8 Å². The maximum atomic E-state index is 13.6. The van der Waals surface area contributed by atoms with Gasteiger partial charge in [0.15, 0.2) is 6.10 Å². The minimum absolute atomic E-state index is 0.111. The molecule has 210 valence electrons. The third-order valence-electron chi connectivity index (χ3n) is 7.81. The number of hydrogen-bond acceptors (Lipinski definition) is 5. The number of aromatic nitrogens is 1. The molecule has 3 aromatic rings. The fourth-order valence-corrected chi connectivity index (χ4v) is 5.58. The van der Waals surface area contributed by atoms with Crippen molar-refractivity contribution >= 4 is 34.5 Å². The lowest BCUT2D eigenvalue weighted by Gasteiger charge is -2.36. The van der Waals surface area contributed by atoms with Crippen LogP contribution in [0.15, 0.2) is 60.7 Å². The number of para-hydroxylation sites is 1. The maximum absolute atomic E-state index is 13.6. The van der Waals surface area contributed by atoms with Crippen LogP contribution in [-0.2, 0) is 20.9 Å². The summed E-state index contributed by atoms with van der Waals surface area (Å²) >= 11 is 0. The number of H-pyrrole nitrogens is 1. The summed E-state index contributed by atoms with van der Waals surface area (Å²) in [4.78, 5) is 57.1. The molecule has 4 amide bonds. The van der Waals surface area contributed by atoms with Gasteiger partial charge >= 0.3 is 0 Å². The second kappa shape index (κ2) is 12.3. The minimum Gasteiger partial charge on any atom is -0.381 e. The van der Waals surface area contributed by atoms with Crippen molar-refractivity contribution in [3.8, 4) is 0 Å². The number of carbonyl (C=O) groups is 4. The third kappa shape index (κ3) is 6.17. The van der Waals surface area contributed by atoms with E-state index in [-0.39, 0.29) is 24.8 Å². The SMILES string of the molecule is O=C(NCc1ccccc1)C(O)[C@H](C[C@@H]1CCNC1=O)NC(=O)C1CCCCN1C(=O)c1cc2ccccc2[nH]1. The number of aromatic amines is 1. The number of benzene rings is 2. The summed E-state index contributed by atoms with van der Waals surface area (Å²) in [5.41, 5.74) is 2.11. The number of fused-ring (bicyclic) bond motifs is 1. The number of likely N-dealkylation sites (tertiary alicyclic amines) is 1. The summed E-state index contributed by atoms with van der Waals surface area (Å²) in [6, 6.07) is 16.9. The number of aliphatic hydroxyl groups is 1. The molecule has 2 unspecified atom stereocenters. The van der Waals surface area contributed by atoms with Crippen LogP contribution in [0.4, 0.5) is 0 Å². The molecule has 10 heteroatoms. The average molecular weight is 546 g/mol. The summed E-state index contributed by atoms with van der Waals surface area (Å²) in [5, 5.41) is 20.3. The Labute approximate surface area is 232 Å². The number of nitrogens with zero attached hydrogens (tertiary/aromatic N) is 1. The lowest BCUT2D eigenvalue weighted by atomic mass is 9.93. The van der Waals surface area contributed by atoms with Gasteiger partial charge in [0.25, 0.3) is 11.8 Å². The molecule has 3 heterocycles. The van der Waals surface area contributed by atoms with Crippen molar-refractivity contribution in [2.24, 2.45) is 5.92 Å². The molecule has 0 saturated carbocycles. The standard InChI is InChI=1S/C30H35N5O5/c36-26(29(39)32-18-19-8-2-1-3-9-19)23(17-21-13-14-31-27(21)37)34-28(38)25-12-6-7-15-35(25)30(40)24-16-20-10-4-5-11-22(20)33-24/h1-5,8-11,16,21,23,25-26,33,36H,6-7,12-15,17-18H2,(H,31,37)(H,32,39)(H,34,38)/t21-,23-,25?,26?/m0/s1. The first-order valence-electron chi connectivity index (χ1n) is 13.9. The van der Waals surface area contributed by atoms with Crippen molar-refractivity contribution in [1.82, 2.24) is 25.8 Å². The molecule has 5 N–H and O–H groups in total. The van der Waals surface area contributed by atoms with E-state index in [1.165, 1.54) is 0 Å². The Bertz CT molecular complexity index is 1340. The number of hydrogen-bond donors (Lipinski definition) is 5. The van der Waals surface area contributed by atoms with Crippen molar-refractivity contribution in [3.63, 3.8) is 0 Å². The van der Waals surface area contributed by atoms with E-state index in [0.717, 1.165) is 29.3 Å². The highest BCUT2D eigenvalue weighted by Crippen LogP contribution is 2.24. The number of piperidine rings is 1. The van der Waals surface area contributed by atoms with Crippen LogP contribution in [0.1, 0.15) is 48.2 Å². The molecule has 40 heavy (non-hydrogen) atoms. The highest BCUT2D eigenvalue weighted by molar-refractivity contribution is 6.00. The zero-order chi connectivity index (χ0) is 28.1.